The topological polar surface area (TPSA) is 92.5 Å². The number of nitrogens with zero attached hydrogens (tertiary/aromatic N) is 1. The fourth-order valence-electron chi connectivity index (χ4n) is 3.02. The number of likely N-dealkylation sites (tertiary alicyclic amines) is 1. The summed E-state index contributed by atoms with van der Waals surface area (Å²) >= 11 is 0. The van der Waals surface area contributed by atoms with E-state index in [4.69, 9.17) is 5.73 Å². The summed E-state index contributed by atoms with van der Waals surface area (Å²) in [6, 6.07) is 7.48. The number of hydrogen-bond donors (Lipinski definition) is 2. The van der Waals surface area contributed by atoms with Crippen LogP contribution in [0.5, 0.6) is 0 Å². The van der Waals surface area contributed by atoms with Crippen LogP contribution in [0, 0.1) is 0 Å². The van der Waals surface area contributed by atoms with Crippen molar-refractivity contribution >= 4 is 21.6 Å². The van der Waals surface area contributed by atoms with Crippen molar-refractivity contribution in [2.75, 3.05) is 25.1 Å². The minimum Gasteiger partial charge on any atom is -0.399 e. The van der Waals surface area contributed by atoms with Gasteiger partial charge in [-0.3, -0.25) is 4.79 Å². The van der Waals surface area contributed by atoms with Crippen molar-refractivity contribution in [1.82, 2.24) is 9.62 Å². The molecule has 1 aromatic carbocycles. The van der Waals surface area contributed by atoms with E-state index in [0.717, 1.165) is 37.6 Å². The van der Waals surface area contributed by atoms with E-state index in [9.17, 15) is 13.2 Å². The average Bonchev–Trinajstić information content (AvgIpc) is 2.46. The van der Waals surface area contributed by atoms with Gasteiger partial charge in [-0.1, -0.05) is 12.1 Å². The third-order valence-corrected chi connectivity index (χ3v) is 4.82. The summed E-state index contributed by atoms with van der Waals surface area (Å²) in [6.07, 6.45) is 5.13. The second kappa shape index (κ2) is 7.79. The Balaban J connectivity index is 1.95. The number of anilines is 1. The molecule has 1 aliphatic rings. The van der Waals surface area contributed by atoms with Crippen molar-refractivity contribution in [3.8, 4) is 0 Å². The van der Waals surface area contributed by atoms with Gasteiger partial charge in [-0.05, 0) is 43.4 Å². The molecule has 1 atom stereocenters. The third kappa shape index (κ3) is 5.84. The molecule has 0 bridgehead atoms. The molecular weight excluding hydrogens is 314 g/mol. The first-order valence-corrected chi connectivity index (χ1v) is 9.83. The third-order valence-electron chi connectivity index (χ3n) is 4.10. The maximum atomic E-state index is 12.6. The Hall–Kier alpha value is -1.60. The van der Waals surface area contributed by atoms with Crippen LogP contribution in [0.15, 0.2) is 24.3 Å². The lowest BCUT2D eigenvalue weighted by atomic mass is 9.98. The summed E-state index contributed by atoms with van der Waals surface area (Å²) < 4.78 is 24.8. The van der Waals surface area contributed by atoms with E-state index < -0.39 is 10.0 Å². The molecule has 2 rings (SSSR count). The van der Waals surface area contributed by atoms with E-state index >= 15 is 0 Å². The van der Waals surface area contributed by atoms with E-state index in [1.54, 1.807) is 6.07 Å². The zero-order chi connectivity index (χ0) is 16.9. The molecule has 1 amide bonds. The lowest BCUT2D eigenvalue weighted by Gasteiger charge is -2.36. The highest BCUT2D eigenvalue weighted by Gasteiger charge is 2.26. The van der Waals surface area contributed by atoms with Crippen LogP contribution >= 0.6 is 0 Å². The predicted molar refractivity (Wildman–Crippen MR) is 91.4 cm³/mol. The molecule has 1 fully saturated rings. The number of nitrogens with one attached hydrogen (secondary N) is 1. The van der Waals surface area contributed by atoms with Gasteiger partial charge in [0.25, 0.3) is 0 Å². The minimum atomic E-state index is -3.18. The molecule has 0 radical (unpaired) electrons. The van der Waals surface area contributed by atoms with Crippen molar-refractivity contribution in [2.45, 2.75) is 38.1 Å². The van der Waals surface area contributed by atoms with Crippen LogP contribution in [0.25, 0.3) is 0 Å². The molecule has 1 aromatic rings. The molecule has 23 heavy (non-hydrogen) atoms. The predicted octanol–water partition coefficient (Wildman–Crippen LogP) is 1.13. The summed E-state index contributed by atoms with van der Waals surface area (Å²) in [6.45, 7) is 1.11. The second-order valence-electron chi connectivity index (χ2n) is 6.11. The summed E-state index contributed by atoms with van der Waals surface area (Å²) in [5.41, 5.74) is 7.32. The van der Waals surface area contributed by atoms with Crippen LogP contribution in [0.4, 0.5) is 5.69 Å². The Kier molecular flexibility index (Phi) is 6.01. The number of nitrogen functional groups attached to an aromatic ring is 1. The first-order chi connectivity index (χ1) is 10.8. The van der Waals surface area contributed by atoms with Gasteiger partial charge in [-0.15, -0.1) is 0 Å². The molecule has 0 aromatic heterocycles. The summed E-state index contributed by atoms with van der Waals surface area (Å²) in [4.78, 5) is 14.5. The number of benzene rings is 1. The fraction of sp³-hybridized carbons (Fsp3) is 0.562. The number of piperidine rings is 1. The lowest BCUT2D eigenvalue weighted by Crippen LogP contribution is -2.45. The Morgan fingerprint density at radius 1 is 1.39 bits per heavy atom. The van der Waals surface area contributed by atoms with Gasteiger partial charge in [-0.25, -0.2) is 13.1 Å². The van der Waals surface area contributed by atoms with E-state index in [0.29, 0.717) is 25.1 Å². The summed E-state index contributed by atoms with van der Waals surface area (Å²) in [5, 5.41) is 0. The highest BCUT2D eigenvalue weighted by atomic mass is 32.2. The maximum absolute atomic E-state index is 12.6. The van der Waals surface area contributed by atoms with Gasteiger partial charge < -0.3 is 10.6 Å². The van der Waals surface area contributed by atoms with E-state index in [-0.39, 0.29) is 11.9 Å². The van der Waals surface area contributed by atoms with Crippen LogP contribution in [0.1, 0.15) is 31.2 Å². The van der Waals surface area contributed by atoms with Crippen molar-refractivity contribution in [1.29, 1.82) is 0 Å². The monoisotopic (exact) mass is 339 g/mol. The fourth-order valence-corrected chi connectivity index (χ4v) is 3.51. The number of hydrogen-bond acceptors (Lipinski definition) is 4. The Labute approximate surface area is 138 Å². The highest BCUT2D eigenvalue weighted by Crippen LogP contribution is 2.21. The number of carbonyl (C=O) groups is 1. The normalized spacial score (nSPS) is 18.8. The van der Waals surface area contributed by atoms with E-state index in [1.807, 2.05) is 23.1 Å². The van der Waals surface area contributed by atoms with E-state index in [1.165, 1.54) is 0 Å². The number of rotatable bonds is 6. The Morgan fingerprint density at radius 3 is 2.87 bits per heavy atom. The Morgan fingerprint density at radius 2 is 2.17 bits per heavy atom. The molecule has 1 saturated heterocycles. The lowest BCUT2D eigenvalue weighted by molar-refractivity contribution is -0.134. The second-order valence-corrected chi connectivity index (χ2v) is 7.95. The SMILES string of the molecule is CS(=O)(=O)NCCC1CCCCN1C(=O)Cc1cccc(N)c1. The quantitative estimate of drug-likeness (QED) is 0.760. The zero-order valence-corrected chi connectivity index (χ0v) is 14.3. The van der Waals surface area contributed by atoms with Crippen LogP contribution in [0.2, 0.25) is 0 Å². The number of amides is 1. The molecule has 1 heterocycles. The molecule has 1 aliphatic heterocycles. The molecule has 0 saturated carbocycles. The standard InChI is InChI=1S/C16H25N3O3S/c1-23(21,22)18-9-8-15-7-2-3-10-19(15)16(20)12-13-5-4-6-14(17)11-13/h4-6,11,15,18H,2-3,7-10,12,17H2,1H3. The van der Waals surface area contributed by atoms with Gasteiger partial charge in [0.2, 0.25) is 15.9 Å². The number of sulfonamides is 1. The first kappa shape index (κ1) is 17.7. The van der Waals surface area contributed by atoms with Crippen molar-refractivity contribution in [3.05, 3.63) is 29.8 Å². The van der Waals surface area contributed by atoms with Gasteiger partial charge >= 0.3 is 0 Å². The van der Waals surface area contributed by atoms with Gasteiger partial charge in [0, 0.05) is 24.8 Å². The van der Waals surface area contributed by atoms with Crippen LogP contribution in [-0.2, 0) is 21.2 Å². The molecule has 7 heteroatoms. The van der Waals surface area contributed by atoms with Crippen LogP contribution < -0.4 is 10.5 Å². The van der Waals surface area contributed by atoms with Gasteiger partial charge in [0.15, 0.2) is 0 Å². The van der Waals surface area contributed by atoms with E-state index in [2.05, 4.69) is 4.72 Å². The van der Waals surface area contributed by atoms with Gasteiger partial charge in [0.05, 0.1) is 12.7 Å². The van der Waals surface area contributed by atoms with Crippen LogP contribution in [-0.4, -0.2) is 44.6 Å². The van der Waals surface area contributed by atoms with Gasteiger partial charge in [-0.2, -0.15) is 0 Å². The molecule has 3 N–H and O–H groups in total. The molecule has 6 nitrogen and oxygen atoms in total. The largest absolute Gasteiger partial charge is 0.399 e. The number of carbonyl (C=O) groups excluding carboxylic acids is 1. The van der Waals surface area contributed by atoms with Crippen LogP contribution in [0.3, 0.4) is 0 Å². The molecule has 0 spiro atoms. The molecule has 128 valence electrons. The number of nitrogens with two attached hydrogens (primary N) is 1. The van der Waals surface area contributed by atoms with Crippen molar-refractivity contribution < 1.29 is 13.2 Å². The summed E-state index contributed by atoms with van der Waals surface area (Å²) in [5.74, 6) is 0.0830. The first-order valence-electron chi connectivity index (χ1n) is 7.94. The minimum absolute atomic E-state index is 0.0830. The summed E-state index contributed by atoms with van der Waals surface area (Å²) in [7, 11) is -3.18. The van der Waals surface area contributed by atoms with Crippen molar-refractivity contribution in [2.24, 2.45) is 0 Å². The molecule has 0 aliphatic carbocycles. The average molecular weight is 339 g/mol. The zero-order valence-electron chi connectivity index (χ0n) is 13.5. The maximum Gasteiger partial charge on any atom is 0.227 e. The van der Waals surface area contributed by atoms with Crippen molar-refractivity contribution in [3.63, 3.8) is 0 Å². The Bertz CT molecular complexity index is 646. The highest BCUT2D eigenvalue weighted by molar-refractivity contribution is 7.88. The molecular formula is C16H25N3O3S. The smallest absolute Gasteiger partial charge is 0.227 e. The molecule has 1 unspecified atom stereocenters. The van der Waals surface area contributed by atoms with Gasteiger partial charge in [0.1, 0.15) is 0 Å².